The number of benzene rings is 1. The lowest BCUT2D eigenvalue weighted by molar-refractivity contribution is -0.384. The molecule has 0 bridgehead atoms. The first-order valence-corrected chi connectivity index (χ1v) is 7.23. The summed E-state index contributed by atoms with van der Waals surface area (Å²) in [5.41, 5.74) is 5.27. The maximum atomic E-state index is 12.2. The van der Waals surface area contributed by atoms with Gasteiger partial charge in [-0.1, -0.05) is 5.16 Å². The highest BCUT2D eigenvalue weighted by Crippen LogP contribution is 2.28. The van der Waals surface area contributed by atoms with Gasteiger partial charge in [0.15, 0.2) is 5.76 Å². The second-order valence-corrected chi connectivity index (χ2v) is 5.97. The van der Waals surface area contributed by atoms with Crippen LogP contribution in [0, 0.1) is 17.0 Å². The summed E-state index contributed by atoms with van der Waals surface area (Å²) >= 11 is 0. The van der Waals surface area contributed by atoms with Gasteiger partial charge in [0.05, 0.1) is 22.6 Å². The Balaban J connectivity index is 2.35. The van der Waals surface area contributed by atoms with Gasteiger partial charge in [-0.15, -0.1) is 0 Å². The topological polar surface area (TPSA) is 141 Å². The van der Waals surface area contributed by atoms with Gasteiger partial charge in [-0.2, -0.15) is 0 Å². The number of nitrogens with two attached hydrogens (primary N) is 1. The second-order valence-electron chi connectivity index (χ2n) is 4.24. The van der Waals surface area contributed by atoms with Gasteiger partial charge >= 0.3 is 0 Å². The number of nitrogen functional groups attached to an aromatic ring is 1. The monoisotopic (exact) mass is 312 g/mol. The average molecular weight is 312 g/mol. The first-order valence-electron chi connectivity index (χ1n) is 5.75. The molecule has 21 heavy (non-hydrogen) atoms. The maximum absolute atomic E-state index is 12.2. The standard InChI is InChI=1S/C11H12N4O5S/c1-7-4-9(12)10(15(16)17)5-11(7)21(18,19)14-6-8-2-3-13-20-8/h2-5,14H,6,12H2,1H3. The molecule has 0 aliphatic heterocycles. The number of hydrogen-bond donors (Lipinski definition) is 2. The molecule has 0 saturated heterocycles. The molecule has 0 aliphatic carbocycles. The first kappa shape index (κ1) is 14.9. The molecule has 0 spiro atoms. The zero-order valence-corrected chi connectivity index (χ0v) is 11.8. The lowest BCUT2D eigenvalue weighted by atomic mass is 10.2. The molecule has 0 unspecified atom stereocenters. The lowest BCUT2D eigenvalue weighted by Crippen LogP contribution is -2.24. The Labute approximate surface area is 119 Å². The maximum Gasteiger partial charge on any atom is 0.293 e. The predicted molar refractivity (Wildman–Crippen MR) is 72.8 cm³/mol. The van der Waals surface area contributed by atoms with Crippen LogP contribution in [0.5, 0.6) is 0 Å². The van der Waals surface area contributed by atoms with Crippen molar-refractivity contribution in [1.29, 1.82) is 0 Å². The summed E-state index contributed by atoms with van der Waals surface area (Å²) in [4.78, 5) is 9.91. The van der Waals surface area contributed by atoms with Crippen LogP contribution in [0.25, 0.3) is 0 Å². The normalized spacial score (nSPS) is 11.5. The molecule has 112 valence electrons. The van der Waals surface area contributed by atoms with Crippen molar-refractivity contribution in [3.8, 4) is 0 Å². The molecular weight excluding hydrogens is 300 g/mol. The van der Waals surface area contributed by atoms with E-state index in [9.17, 15) is 18.5 Å². The van der Waals surface area contributed by atoms with Crippen molar-refractivity contribution in [2.45, 2.75) is 18.4 Å². The molecule has 0 radical (unpaired) electrons. The minimum absolute atomic E-state index is 0.0910. The van der Waals surface area contributed by atoms with E-state index in [2.05, 4.69) is 9.88 Å². The molecule has 1 aromatic heterocycles. The van der Waals surface area contributed by atoms with Crippen LogP contribution in [-0.4, -0.2) is 18.5 Å². The van der Waals surface area contributed by atoms with E-state index in [0.717, 1.165) is 6.07 Å². The number of nitrogens with one attached hydrogen (secondary N) is 1. The molecule has 2 aromatic rings. The number of aryl methyl sites for hydroxylation is 1. The Hall–Kier alpha value is -2.46. The van der Waals surface area contributed by atoms with Crippen LogP contribution in [0.15, 0.2) is 33.8 Å². The second kappa shape index (κ2) is 5.50. The van der Waals surface area contributed by atoms with E-state index in [1.807, 2.05) is 0 Å². The quantitative estimate of drug-likeness (QED) is 0.475. The summed E-state index contributed by atoms with van der Waals surface area (Å²) in [5, 5.41) is 14.3. The van der Waals surface area contributed by atoms with E-state index in [1.54, 1.807) is 0 Å². The molecule has 0 aliphatic rings. The van der Waals surface area contributed by atoms with E-state index in [0.29, 0.717) is 11.3 Å². The number of rotatable bonds is 5. The first-order chi connectivity index (χ1) is 9.81. The van der Waals surface area contributed by atoms with Gasteiger partial charge in [-0.3, -0.25) is 10.1 Å². The fourth-order valence-corrected chi connectivity index (χ4v) is 2.96. The Kier molecular flexibility index (Phi) is 3.91. The van der Waals surface area contributed by atoms with Crippen LogP contribution in [0.4, 0.5) is 11.4 Å². The minimum Gasteiger partial charge on any atom is -0.393 e. The highest BCUT2D eigenvalue weighted by Gasteiger charge is 2.23. The molecular formula is C11H12N4O5S. The number of anilines is 1. The van der Waals surface area contributed by atoms with Crippen molar-refractivity contribution in [3.63, 3.8) is 0 Å². The fourth-order valence-electron chi connectivity index (χ4n) is 1.72. The molecule has 0 saturated carbocycles. The molecule has 0 atom stereocenters. The van der Waals surface area contributed by atoms with Gasteiger partial charge in [-0.05, 0) is 18.6 Å². The Morgan fingerprint density at radius 1 is 1.48 bits per heavy atom. The molecule has 2 rings (SSSR count). The summed E-state index contributed by atoms with van der Waals surface area (Å²) in [6.45, 7) is 1.39. The van der Waals surface area contributed by atoms with Gasteiger partial charge in [0.1, 0.15) is 5.69 Å². The van der Waals surface area contributed by atoms with Gasteiger partial charge in [0, 0.05) is 12.1 Å². The lowest BCUT2D eigenvalue weighted by Gasteiger charge is -2.09. The predicted octanol–water partition coefficient (Wildman–Crippen LogP) is 0.952. The van der Waals surface area contributed by atoms with Gasteiger partial charge < -0.3 is 10.3 Å². The smallest absolute Gasteiger partial charge is 0.293 e. The minimum atomic E-state index is -3.94. The highest BCUT2D eigenvalue weighted by molar-refractivity contribution is 7.89. The summed E-state index contributed by atoms with van der Waals surface area (Å²) < 4.78 is 31.4. The van der Waals surface area contributed by atoms with Crippen molar-refractivity contribution >= 4 is 21.4 Å². The Bertz CT molecular complexity index is 770. The highest BCUT2D eigenvalue weighted by atomic mass is 32.2. The van der Waals surface area contributed by atoms with E-state index < -0.39 is 20.6 Å². The third kappa shape index (κ3) is 3.17. The molecule has 1 aromatic carbocycles. The number of aromatic nitrogens is 1. The summed E-state index contributed by atoms with van der Waals surface area (Å²) in [6.07, 6.45) is 1.38. The van der Waals surface area contributed by atoms with Crippen LogP contribution in [-0.2, 0) is 16.6 Å². The molecule has 1 heterocycles. The van der Waals surface area contributed by atoms with Crippen LogP contribution in [0.3, 0.4) is 0 Å². The van der Waals surface area contributed by atoms with Gasteiger partial charge in [0.25, 0.3) is 5.69 Å². The number of nitrogens with zero attached hydrogens (tertiary/aromatic N) is 2. The number of nitro benzene ring substituents is 1. The molecule has 3 N–H and O–H groups in total. The van der Waals surface area contributed by atoms with Crippen LogP contribution >= 0.6 is 0 Å². The van der Waals surface area contributed by atoms with Gasteiger partial charge in [-0.25, -0.2) is 13.1 Å². The van der Waals surface area contributed by atoms with E-state index in [4.69, 9.17) is 10.3 Å². The van der Waals surface area contributed by atoms with Crippen LogP contribution in [0.2, 0.25) is 0 Å². The number of nitro groups is 1. The van der Waals surface area contributed by atoms with Crippen LogP contribution < -0.4 is 10.5 Å². The van der Waals surface area contributed by atoms with E-state index in [1.165, 1.54) is 25.3 Å². The Morgan fingerprint density at radius 3 is 2.76 bits per heavy atom. The van der Waals surface area contributed by atoms with Gasteiger partial charge in [0.2, 0.25) is 10.0 Å². The molecule has 9 nitrogen and oxygen atoms in total. The summed E-state index contributed by atoms with van der Waals surface area (Å²) in [5.74, 6) is 0.321. The summed E-state index contributed by atoms with van der Waals surface area (Å²) in [6, 6.07) is 3.69. The molecule has 10 heteroatoms. The van der Waals surface area contributed by atoms with E-state index >= 15 is 0 Å². The molecule has 0 amide bonds. The van der Waals surface area contributed by atoms with Crippen molar-refractivity contribution < 1.29 is 17.9 Å². The largest absolute Gasteiger partial charge is 0.393 e. The average Bonchev–Trinajstić information content (AvgIpc) is 2.88. The van der Waals surface area contributed by atoms with Crippen LogP contribution in [0.1, 0.15) is 11.3 Å². The van der Waals surface area contributed by atoms with Crippen molar-refractivity contribution in [2.75, 3.05) is 5.73 Å². The molecule has 0 fully saturated rings. The Morgan fingerprint density at radius 2 is 2.19 bits per heavy atom. The third-order valence-electron chi connectivity index (χ3n) is 2.74. The summed E-state index contributed by atoms with van der Waals surface area (Å²) in [7, 11) is -3.94. The SMILES string of the molecule is Cc1cc(N)c([N+](=O)[O-])cc1S(=O)(=O)NCc1ccno1. The zero-order chi connectivity index (χ0) is 15.6. The number of sulfonamides is 1. The third-order valence-corrected chi connectivity index (χ3v) is 4.28. The fraction of sp³-hybridized carbons (Fsp3) is 0.182. The van der Waals surface area contributed by atoms with Crippen molar-refractivity contribution in [2.24, 2.45) is 0 Å². The zero-order valence-electron chi connectivity index (χ0n) is 10.9. The number of hydrogen-bond acceptors (Lipinski definition) is 7. The van der Waals surface area contributed by atoms with E-state index in [-0.39, 0.29) is 17.1 Å². The van der Waals surface area contributed by atoms with Crippen molar-refractivity contribution in [3.05, 3.63) is 45.8 Å². The van der Waals surface area contributed by atoms with Crippen molar-refractivity contribution in [1.82, 2.24) is 9.88 Å².